The van der Waals surface area contributed by atoms with Gasteiger partial charge in [-0.2, -0.15) is 0 Å². The highest BCUT2D eigenvalue weighted by Gasteiger charge is 2.09. The number of hydrogen-bond acceptors (Lipinski definition) is 2. The molecule has 0 radical (unpaired) electrons. The predicted octanol–water partition coefficient (Wildman–Crippen LogP) is 4.64. The van der Waals surface area contributed by atoms with Gasteiger partial charge >= 0.3 is 0 Å². The standard InChI is InChI=1S/C21H24ClN3O/c1-3-25(4-2)18-8-5-15(6-9-18)11-12-23-21(26)20-14-16-13-17(22)7-10-19(16)24-20/h5-10,13-14,24H,3-4,11-12H2,1-2H3,(H,23,26). The molecule has 0 aliphatic rings. The fraction of sp³-hybridized carbons (Fsp3) is 0.286. The van der Waals surface area contributed by atoms with E-state index in [-0.39, 0.29) is 5.91 Å². The third-order valence-corrected chi connectivity index (χ3v) is 4.83. The van der Waals surface area contributed by atoms with E-state index in [0.29, 0.717) is 17.3 Å². The molecule has 1 aromatic heterocycles. The van der Waals surface area contributed by atoms with Crippen LogP contribution < -0.4 is 10.2 Å². The summed E-state index contributed by atoms with van der Waals surface area (Å²) in [6.07, 6.45) is 0.802. The lowest BCUT2D eigenvalue weighted by atomic mass is 10.1. The summed E-state index contributed by atoms with van der Waals surface area (Å²) in [5.41, 5.74) is 3.91. The number of anilines is 1. The second kappa shape index (κ2) is 8.28. The Morgan fingerprint density at radius 2 is 1.81 bits per heavy atom. The van der Waals surface area contributed by atoms with E-state index in [4.69, 9.17) is 11.6 Å². The Morgan fingerprint density at radius 1 is 1.08 bits per heavy atom. The first-order chi connectivity index (χ1) is 12.6. The van der Waals surface area contributed by atoms with Crippen molar-refractivity contribution in [3.05, 3.63) is 64.8 Å². The molecule has 0 aliphatic heterocycles. The molecule has 136 valence electrons. The van der Waals surface area contributed by atoms with Gasteiger partial charge in [-0.1, -0.05) is 23.7 Å². The van der Waals surface area contributed by atoms with Gasteiger partial charge in [0.2, 0.25) is 0 Å². The first kappa shape index (κ1) is 18.3. The fourth-order valence-electron chi connectivity index (χ4n) is 3.10. The minimum Gasteiger partial charge on any atom is -0.372 e. The molecule has 0 unspecified atom stereocenters. The molecular weight excluding hydrogens is 346 g/mol. The summed E-state index contributed by atoms with van der Waals surface area (Å²) in [5, 5.41) is 4.57. The summed E-state index contributed by atoms with van der Waals surface area (Å²) >= 11 is 5.99. The lowest BCUT2D eigenvalue weighted by Crippen LogP contribution is -2.26. The van der Waals surface area contributed by atoms with Crippen LogP contribution in [0.4, 0.5) is 5.69 Å². The number of halogens is 1. The number of carbonyl (C=O) groups is 1. The number of rotatable bonds is 7. The molecular formula is C21H24ClN3O. The molecule has 2 N–H and O–H groups in total. The van der Waals surface area contributed by atoms with Crippen LogP contribution in [0.2, 0.25) is 5.02 Å². The van der Waals surface area contributed by atoms with E-state index in [2.05, 4.69) is 53.3 Å². The van der Waals surface area contributed by atoms with Crippen LogP contribution in [-0.4, -0.2) is 30.5 Å². The van der Waals surface area contributed by atoms with E-state index >= 15 is 0 Å². The van der Waals surface area contributed by atoms with Crippen molar-refractivity contribution in [2.24, 2.45) is 0 Å². The van der Waals surface area contributed by atoms with E-state index in [1.807, 2.05) is 24.3 Å². The lowest BCUT2D eigenvalue weighted by Gasteiger charge is -2.21. The van der Waals surface area contributed by atoms with E-state index in [0.717, 1.165) is 30.4 Å². The van der Waals surface area contributed by atoms with Gasteiger partial charge in [-0.05, 0) is 62.2 Å². The summed E-state index contributed by atoms with van der Waals surface area (Å²) in [6, 6.07) is 15.9. The van der Waals surface area contributed by atoms with Crippen molar-refractivity contribution < 1.29 is 4.79 Å². The van der Waals surface area contributed by atoms with Crippen LogP contribution in [0.5, 0.6) is 0 Å². The zero-order valence-corrected chi connectivity index (χ0v) is 15.9. The molecule has 1 amide bonds. The van der Waals surface area contributed by atoms with Crippen molar-refractivity contribution in [1.82, 2.24) is 10.3 Å². The Labute approximate surface area is 159 Å². The Bertz CT molecular complexity index is 882. The minimum atomic E-state index is -0.0999. The SMILES string of the molecule is CCN(CC)c1ccc(CCNC(=O)c2cc3cc(Cl)ccc3[nH]2)cc1. The van der Waals surface area contributed by atoms with Crippen molar-refractivity contribution >= 4 is 34.1 Å². The summed E-state index contributed by atoms with van der Waals surface area (Å²) in [5.74, 6) is -0.0999. The largest absolute Gasteiger partial charge is 0.372 e. The van der Waals surface area contributed by atoms with E-state index < -0.39 is 0 Å². The molecule has 26 heavy (non-hydrogen) atoms. The molecule has 1 heterocycles. The van der Waals surface area contributed by atoms with Crippen molar-refractivity contribution in [2.75, 3.05) is 24.5 Å². The predicted molar refractivity (Wildman–Crippen MR) is 109 cm³/mol. The van der Waals surface area contributed by atoms with Gasteiger partial charge in [-0.15, -0.1) is 0 Å². The smallest absolute Gasteiger partial charge is 0.267 e. The summed E-state index contributed by atoms with van der Waals surface area (Å²) < 4.78 is 0. The molecule has 0 atom stereocenters. The van der Waals surface area contributed by atoms with Crippen LogP contribution in [0.25, 0.3) is 10.9 Å². The van der Waals surface area contributed by atoms with Crippen LogP contribution in [0, 0.1) is 0 Å². The van der Waals surface area contributed by atoms with Gasteiger partial charge < -0.3 is 15.2 Å². The molecule has 0 aliphatic carbocycles. The highest BCUT2D eigenvalue weighted by Crippen LogP contribution is 2.20. The molecule has 5 heteroatoms. The van der Waals surface area contributed by atoms with Crippen molar-refractivity contribution in [3.8, 4) is 0 Å². The Balaban J connectivity index is 1.56. The molecule has 0 fully saturated rings. The van der Waals surface area contributed by atoms with Crippen molar-refractivity contribution in [2.45, 2.75) is 20.3 Å². The summed E-state index contributed by atoms with van der Waals surface area (Å²) in [6.45, 7) is 6.92. The van der Waals surface area contributed by atoms with Gasteiger partial charge in [0.1, 0.15) is 5.69 Å². The Hall–Kier alpha value is -2.46. The first-order valence-corrected chi connectivity index (χ1v) is 9.39. The monoisotopic (exact) mass is 369 g/mol. The maximum Gasteiger partial charge on any atom is 0.267 e. The van der Waals surface area contributed by atoms with Gasteiger partial charge in [0.05, 0.1) is 0 Å². The third-order valence-electron chi connectivity index (χ3n) is 4.59. The highest BCUT2D eigenvalue weighted by molar-refractivity contribution is 6.31. The fourth-order valence-corrected chi connectivity index (χ4v) is 3.28. The number of aromatic amines is 1. The molecule has 0 bridgehead atoms. The zero-order chi connectivity index (χ0) is 18.5. The number of H-pyrrole nitrogens is 1. The second-order valence-electron chi connectivity index (χ2n) is 6.26. The molecule has 0 saturated heterocycles. The third kappa shape index (κ3) is 4.20. The van der Waals surface area contributed by atoms with E-state index in [1.165, 1.54) is 11.3 Å². The topological polar surface area (TPSA) is 48.1 Å². The minimum absolute atomic E-state index is 0.0999. The lowest BCUT2D eigenvalue weighted by molar-refractivity contribution is 0.0950. The second-order valence-corrected chi connectivity index (χ2v) is 6.70. The van der Waals surface area contributed by atoms with Gasteiger partial charge in [0.25, 0.3) is 5.91 Å². The summed E-state index contributed by atoms with van der Waals surface area (Å²) in [4.78, 5) is 17.8. The number of amides is 1. The van der Waals surface area contributed by atoms with Gasteiger partial charge in [0.15, 0.2) is 0 Å². The number of nitrogens with zero attached hydrogens (tertiary/aromatic N) is 1. The molecule has 0 spiro atoms. The van der Waals surface area contributed by atoms with E-state index in [9.17, 15) is 4.79 Å². The number of benzene rings is 2. The quantitative estimate of drug-likeness (QED) is 0.637. The number of nitrogens with one attached hydrogen (secondary N) is 2. The summed E-state index contributed by atoms with van der Waals surface area (Å²) in [7, 11) is 0. The van der Waals surface area contributed by atoms with Crippen LogP contribution in [0.15, 0.2) is 48.5 Å². The molecule has 2 aromatic carbocycles. The number of fused-ring (bicyclic) bond motifs is 1. The molecule has 3 rings (SSSR count). The Morgan fingerprint density at radius 3 is 2.50 bits per heavy atom. The van der Waals surface area contributed by atoms with Gasteiger partial charge in [-0.25, -0.2) is 0 Å². The Kier molecular flexibility index (Phi) is 5.84. The number of carbonyl (C=O) groups excluding carboxylic acids is 1. The maximum atomic E-state index is 12.3. The van der Waals surface area contributed by atoms with Crippen molar-refractivity contribution in [1.29, 1.82) is 0 Å². The molecule has 4 nitrogen and oxygen atoms in total. The van der Waals surface area contributed by atoms with Crippen LogP contribution in [0.1, 0.15) is 29.9 Å². The molecule has 0 saturated carbocycles. The van der Waals surface area contributed by atoms with Gasteiger partial charge in [0, 0.05) is 41.2 Å². The number of aromatic nitrogens is 1. The zero-order valence-electron chi connectivity index (χ0n) is 15.2. The van der Waals surface area contributed by atoms with Crippen LogP contribution >= 0.6 is 11.6 Å². The van der Waals surface area contributed by atoms with Crippen LogP contribution in [0.3, 0.4) is 0 Å². The molecule has 3 aromatic rings. The normalized spacial score (nSPS) is 10.9. The highest BCUT2D eigenvalue weighted by atomic mass is 35.5. The van der Waals surface area contributed by atoms with Crippen molar-refractivity contribution in [3.63, 3.8) is 0 Å². The maximum absolute atomic E-state index is 12.3. The van der Waals surface area contributed by atoms with E-state index in [1.54, 1.807) is 0 Å². The van der Waals surface area contributed by atoms with Gasteiger partial charge in [-0.3, -0.25) is 4.79 Å². The average Bonchev–Trinajstić information content (AvgIpc) is 3.07. The first-order valence-electron chi connectivity index (χ1n) is 9.01. The average molecular weight is 370 g/mol. The number of hydrogen-bond donors (Lipinski definition) is 2. The van der Waals surface area contributed by atoms with Crippen LogP contribution in [-0.2, 0) is 6.42 Å².